The number of carbonyl (C=O) groups is 3. The minimum atomic E-state index is -0.707. The van der Waals surface area contributed by atoms with E-state index < -0.39 is 11.9 Å². The summed E-state index contributed by atoms with van der Waals surface area (Å²) in [6.07, 6.45) is 44.9. The molecule has 2 atom stereocenters. The van der Waals surface area contributed by atoms with Crippen LogP contribution in [0.2, 0.25) is 0 Å². The molecular formula is C46H81NO6. The number of carbonyl (C=O) groups excluding carboxylic acids is 1. The van der Waals surface area contributed by atoms with Crippen LogP contribution in [-0.4, -0.2) is 59.8 Å². The van der Waals surface area contributed by atoms with Crippen molar-refractivity contribution in [2.75, 3.05) is 20.6 Å². The van der Waals surface area contributed by atoms with E-state index >= 15 is 0 Å². The maximum Gasteiger partial charge on any atom is 0.306 e. The Morgan fingerprint density at radius 3 is 1.25 bits per heavy atom. The highest BCUT2D eigenvalue weighted by molar-refractivity contribution is 5.70. The van der Waals surface area contributed by atoms with Gasteiger partial charge in [-0.05, 0) is 129 Å². The molecule has 0 aliphatic carbocycles. The van der Waals surface area contributed by atoms with E-state index in [1.54, 1.807) is 0 Å². The molecule has 0 rings (SSSR count). The van der Waals surface area contributed by atoms with Gasteiger partial charge in [0.25, 0.3) is 0 Å². The van der Waals surface area contributed by atoms with Crippen molar-refractivity contribution in [1.82, 2.24) is 4.90 Å². The average Bonchev–Trinajstić information content (AvgIpc) is 3.10. The molecule has 0 spiro atoms. The number of ether oxygens (including phenoxy) is 1. The van der Waals surface area contributed by atoms with Crippen molar-refractivity contribution >= 4 is 17.9 Å². The predicted octanol–water partition coefficient (Wildman–Crippen LogP) is 12.7. The molecule has 0 radical (unpaired) electrons. The van der Waals surface area contributed by atoms with E-state index in [-0.39, 0.29) is 24.9 Å². The van der Waals surface area contributed by atoms with Crippen LogP contribution in [0, 0.1) is 11.8 Å². The Morgan fingerprint density at radius 2 is 0.868 bits per heavy atom. The van der Waals surface area contributed by atoms with Gasteiger partial charge in [-0.15, -0.1) is 0 Å². The molecular weight excluding hydrogens is 663 g/mol. The molecule has 7 nitrogen and oxygen atoms in total. The summed E-state index contributed by atoms with van der Waals surface area (Å²) in [5.74, 6) is -0.669. The lowest BCUT2D eigenvalue weighted by Gasteiger charge is -2.24. The van der Waals surface area contributed by atoms with E-state index in [1.165, 1.54) is 64.2 Å². The van der Waals surface area contributed by atoms with Crippen LogP contribution < -0.4 is 0 Å². The number of nitrogens with zero attached hydrogens (tertiary/aromatic N) is 1. The largest absolute Gasteiger partial charge is 0.481 e. The first kappa shape index (κ1) is 50.3. The Hall–Kier alpha value is -2.67. The van der Waals surface area contributed by atoms with E-state index in [0.717, 1.165) is 96.4 Å². The first-order valence-corrected chi connectivity index (χ1v) is 21.5. The average molecular weight is 744 g/mol. The monoisotopic (exact) mass is 744 g/mol. The quantitative estimate of drug-likeness (QED) is 0.0368. The van der Waals surface area contributed by atoms with Crippen molar-refractivity contribution in [3.63, 3.8) is 0 Å². The maximum absolute atomic E-state index is 12.9. The molecule has 2 unspecified atom stereocenters. The Balaban J connectivity index is 4.24. The molecule has 0 aromatic heterocycles. The fraction of sp³-hybridized carbons (Fsp3) is 0.761. The standard InChI is InChI=1S/C46H81NO6/c1-41(42(2)40-47(3)4)39-46(52)53-43(35-31-27-23-19-15-11-7-5-9-13-17-21-25-29-33-37-44(48)49)36-32-28-24-20-16-12-8-6-10-14-18-22-26-30-34-38-45(50)51/h5-6,9-10,17-18,21-22,41-43H,7-8,11-16,19-20,23-40H2,1-4H3,(H,48,49)(H,50,51)/b9-5-,10-6-,21-17-,22-18-. The first-order chi connectivity index (χ1) is 25.6. The molecule has 53 heavy (non-hydrogen) atoms. The minimum absolute atomic E-state index is 0.0216. The Morgan fingerprint density at radius 1 is 0.509 bits per heavy atom. The Kier molecular flexibility index (Phi) is 35.7. The number of allylic oxidation sites excluding steroid dienone is 8. The lowest BCUT2D eigenvalue weighted by atomic mass is 9.92. The number of aliphatic carboxylic acids is 2. The number of hydrogen-bond donors (Lipinski definition) is 2. The van der Waals surface area contributed by atoms with E-state index in [9.17, 15) is 14.4 Å². The van der Waals surface area contributed by atoms with Crippen LogP contribution in [0.5, 0.6) is 0 Å². The molecule has 0 saturated heterocycles. The third-order valence-electron chi connectivity index (χ3n) is 9.94. The van der Waals surface area contributed by atoms with Gasteiger partial charge in [-0.2, -0.15) is 0 Å². The van der Waals surface area contributed by atoms with E-state index in [2.05, 4.69) is 81.5 Å². The fourth-order valence-electron chi connectivity index (χ4n) is 6.49. The molecule has 0 heterocycles. The summed E-state index contributed by atoms with van der Waals surface area (Å²) in [5, 5.41) is 17.3. The zero-order valence-electron chi connectivity index (χ0n) is 34.6. The van der Waals surface area contributed by atoms with Crippen molar-refractivity contribution in [2.24, 2.45) is 11.8 Å². The summed E-state index contributed by atoms with van der Waals surface area (Å²) in [7, 11) is 4.17. The van der Waals surface area contributed by atoms with Crippen LogP contribution >= 0.6 is 0 Å². The smallest absolute Gasteiger partial charge is 0.306 e. The van der Waals surface area contributed by atoms with Gasteiger partial charge in [-0.25, -0.2) is 0 Å². The van der Waals surface area contributed by atoms with Crippen LogP contribution in [-0.2, 0) is 19.1 Å². The topological polar surface area (TPSA) is 104 Å². The number of unbranched alkanes of at least 4 members (excludes halogenated alkanes) is 16. The Labute approximate surface area is 325 Å². The van der Waals surface area contributed by atoms with Gasteiger partial charge in [0.1, 0.15) is 6.10 Å². The zero-order chi connectivity index (χ0) is 39.2. The molecule has 0 aromatic rings. The van der Waals surface area contributed by atoms with Crippen molar-refractivity contribution in [3.05, 3.63) is 48.6 Å². The van der Waals surface area contributed by atoms with E-state index in [1.807, 2.05) is 0 Å². The number of esters is 1. The highest BCUT2D eigenvalue weighted by atomic mass is 16.5. The third kappa shape index (κ3) is 38.9. The van der Waals surface area contributed by atoms with Gasteiger partial charge in [0.05, 0.1) is 0 Å². The summed E-state index contributed by atoms with van der Waals surface area (Å²) in [6.45, 7) is 5.39. The lowest BCUT2D eigenvalue weighted by molar-refractivity contribution is -0.151. The second kappa shape index (κ2) is 37.6. The van der Waals surface area contributed by atoms with Gasteiger partial charge < -0.3 is 19.8 Å². The zero-order valence-corrected chi connectivity index (χ0v) is 34.6. The Bertz CT molecular complexity index is 940. The molecule has 0 fully saturated rings. The molecule has 0 saturated carbocycles. The van der Waals surface area contributed by atoms with Gasteiger partial charge in [0, 0.05) is 25.8 Å². The van der Waals surface area contributed by atoms with Crippen LogP contribution in [0.25, 0.3) is 0 Å². The summed E-state index contributed by atoms with van der Waals surface area (Å²) < 4.78 is 6.12. The second-order valence-corrected chi connectivity index (χ2v) is 15.6. The summed E-state index contributed by atoms with van der Waals surface area (Å²) in [4.78, 5) is 36.2. The third-order valence-corrected chi connectivity index (χ3v) is 9.94. The summed E-state index contributed by atoms with van der Waals surface area (Å²) >= 11 is 0. The summed E-state index contributed by atoms with van der Waals surface area (Å²) in [5.41, 5.74) is 0. The number of rotatable bonds is 38. The van der Waals surface area contributed by atoms with E-state index in [0.29, 0.717) is 18.3 Å². The molecule has 2 N–H and O–H groups in total. The molecule has 7 heteroatoms. The van der Waals surface area contributed by atoms with Gasteiger partial charge in [-0.1, -0.05) is 114 Å². The van der Waals surface area contributed by atoms with Crippen molar-refractivity contribution in [2.45, 2.75) is 193 Å². The lowest BCUT2D eigenvalue weighted by Crippen LogP contribution is -2.27. The van der Waals surface area contributed by atoms with Crippen molar-refractivity contribution in [1.29, 1.82) is 0 Å². The number of carboxylic acids is 2. The summed E-state index contributed by atoms with van der Waals surface area (Å²) in [6, 6.07) is 0. The van der Waals surface area contributed by atoms with Crippen LogP contribution in [0.15, 0.2) is 48.6 Å². The maximum atomic E-state index is 12.9. The molecule has 0 aromatic carbocycles. The van der Waals surface area contributed by atoms with Gasteiger partial charge in [0.15, 0.2) is 0 Å². The second-order valence-electron chi connectivity index (χ2n) is 15.6. The molecule has 0 aliphatic rings. The van der Waals surface area contributed by atoms with Crippen LogP contribution in [0.3, 0.4) is 0 Å². The molecule has 0 bridgehead atoms. The van der Waals surface area contributed by atoms with Crippen molar-refractivity contribution in [3.8, 4) is 0 Å². The molecule has 306 valence electrons. The molecule has 0 aliphatic heterocycles. The minimum Gasteiger partial charge on any atom is -0.481 e. The van der Waals surface area contributed by atoms with Crippen LogP contribution in [0.1, 0.15) is 187 Å². The molecule has 0 amide bonds. The van der Waals surface area contributed by atoms with Crippen LogP contribution in [0.4, 0.5) is 0 Å². The number of carboxylic acid groups (broad SMARTS) is 2. The van der Waals surface area contributed by atoms with Gasteiger partial charge in [0.2, 0.25) is 0 Å². The van der Waals surface area contributed by atoms with Crippen molar-refractivity contribution < 1.29 is 29.3 Å². The van der Waals surface area contributed by atoms with Gasteiger partial charge >= 0.3 is 17.9 Å². The first-order valence-electron chi connectivity index (χ1n) is 21.5. The SMILES string of the molecule is CC(CC(=O)OC(CCCCCCCC/C=C\C/C=C\CCCCC(=O)O)CCCCCCCC/C=C\C/C=C\CCCCC(=O)O)C(C)CN(C)C. The fourth-order valence-corrected chi connectivity index (χ4v) is 6.49. The number of hydrogen-bond acceptors (Lipinski definition) is 5. The normalized spacial score (nSPS) is 13.4. The predicted molar refractivity (Wildman–Crippen MR) is 223 cm³/mol. The highest BCUT2D eigenvalue weighted by Gasteiger charge is 2.20. The van der Waals surface area contributed by atoms with E-state index in [4.69, 9.17) is 14.9 Å². The van der Waals surface area contributed by atoms with Gasteiger partial charge in [-0.3, -0.25) is 14.4 Å². The highest BCUT2D eigenvalue weighted by Crippen LogP contribution is 2.21.